The van der Waals surface area contributed by atoms with E-state index in [0.717, 1.165) is 0 Å². The van der Waals surface area contributed by atoms with Crippen molar-refractivity contribution < 1.29 is 30.0 Å². The summed E-state index contributed by atoms with van der Waals surface area (Å²) in [5.41, 5.74) is -5.63. The molecule has 0 saturated heterocycles. The van der Waals surface area contributed by atoms with E-state index in [1.165, 1.54) is 0 Å². The number of hydrogen-bond donors (Lipinski definition) is 0. The van der Waals surface area contributed by atoms with Gasteiger partial charge in [-0.1, -0.05) is 0 Å². The van der Waals surface area contributed by atoms with E-state index in [1.54, 1.807) is 97.9 Å². The summed E-state index contributed by atoms with van der Waals surface area (Å²) in [6.07, 6.45) is 0. The molecule has 0 fully saturated rings. The Kier molecular flexibility index (Phi) is 7.19. The van der Waals surface area contributed by atoms with Crippen LogP contribution in [0.15, 0.2) is 91.0 Å². The monoisotopic (exact) mass is 528 g/mol. The summed E-state index contributed by atoms with van der Waals surface area (Å²) < 4.78 is 79.9. The van der Waals surface area contributed by atoms with Gasteiger partial charge in [0.05, 0.1) is 0 Å². The molecule has 0 bridgehead atoms. The van der Waals surface area contributed by atoms with E-state index in [0.29, 0.717) is 15.9 Å². The van der Waals surface area contributed by atoms with Crippen molar-refractivity contribution in [1.29, 1.82) is 0 Å². The first-order valence-corrected chi connectivity index (χ1v) is 17.7. The van der Waals surface area contributed by atoms with Crippen LogP contribution >= 0.6 is 6.83 Å². The quantitative estimate of drug-likeness (QED) is 0.220. The molecule has 0 aliphatic rings. The van der Waals surface area contributed by atoms with Gasteiger partial charge in [0.15, 0.2) is 0 Å². The molecule has 0 aromatic heterocycles. The summed E-state index contributed by atoms with van der Waals surface area (Å²) in [6.45, 7) is 2.35. The fourth-order valence-corrected chi connectivity index (χ4v) is 15.0. The Labute approximate surface area is 200 Å². The molecule has 3 rings (SSSR count). The van der Waals surface area contributed by atoms with Crippen molar-refractivity contribution in [3.63, 3.8) is 0 Å². The molecule has 34 heavy (non-hydrogen) atoms. The van der Waals surface area contributed by atoms with Crippen molar-refractivity contribution in [2.75, 3.05) is 0 Å². The zero-order chi connectivity index (χ0) is 25.3. The van der Waals surface area contributed by atoms with Crippen LogP contribution in [0.1, 0.15) is 6.92 Å². The van der Waals surface area contributed by atoms with Crippen LogP contribution in [0.3, 0.4) is 0 Å². The Balaban J connectivity index is 2.64. The van der Waals surface area contributed by atoms with E-state index in [9.17, 15) is 21.6 Å². The van der Waals surface area contributed by atoms with Crippen LogP contribution in [0.2, 0.25) is 19.6 Å². The third kappa shape index (κ3) is 4.47. The van der Waals surface area contributed by atoms with Crippen LogP contribution in [0, 0.1) is 0 Å². The van der Waals surface area contributed by atoms with Crippen LogP contribution in [0.5, 0.6) is 0 Å². The minimum absolute atomic E-state index is 0.324. The van der Waals surface area contributed by atoms with E-state index >= 15 is 0 Å². The Morgan fingerprint density at radius 3 is 1.32 bits per heavy atom. The second-order valence-electron chi connectivity index (χ2n) is 8.91. The predicted molar refractivity (Wildman–Crippen MR) is 135 cm³/mol. The van der Waals surface area contributed by atoms with Gasteiger partial charge in [0, 0.05) is 0 Å². The molecular weight excluding hydrogens is 500 g/mol. The molecule has 0 N–H and O–H groups in total. The molecule has 0 heterocycles. The fourth-order valence-electron chi connectivity index (χ4n) is 4.30. The van der Waals surface area contributed by atoms with Crippen LogP contribution in [-0.4, -0.2) is 28.1 Å². The third-order valence-electron chi connectivity index (χ3n) is 5.56. The van der Waals surface area contributed by atoms with Gasteiger partial charge in [-0.05, 0) is 0 Å². The van der Waals surface area contributed by atoms with E-state index < -0.39 is 36.6 Å². The van der Waals surface area contributed by atoms with Crippen molar-refractivity contribution in [1.82, 2.24) is 0 Å². The van der Waals surface area contributed by atoms with Gasteiger partial charge in [-0.15, -0.1) is 0 Å². The molecule has 0 aliphatic carbocycles. The number of halogens is 3. The van der Waals surface area contributed by atoms with Crippen LogP contribution in [0.25, 0.3) is 0 Å². The summed E-state index contributed by atoms with van der Waals surface area (Å²) in [5, 5.41) is 0.971. The topological polar surface area (TPSA) is 52.6 Å². The second-order valence-corrected chi connectivity index (χ2v) is 19.8. The maximum atomic E-state index is 14.0. The molecular formula is C24H28F3O4PSSi. The zero-order valence-electron chi connectivity index (χ0n) is 19.4. The van der Waals surface area contributed by atoms with Gasteiger partial charge in [-0.25, -0.2) is 0 Å². The summed E-state index contributed by atoms with van der Waals surface area (Å²) in [4.78, 5) is 0. The molecule has 184 valence electrons. The molecule has 3 aromatic rings. The Hall–Kier alpha value is -2.03. The molecule has 1 atom stereocenters. The standard InChI is InChI=1S/C24H28F3O4PSSi/c1-20(30-34(2,3)4)32(21-14-8-5-9-15-21,22-16-10-6-11-17-22,23-18-12-7-13-19-23)31-33(28,29)24(25,26)27/h5-20H,1-4H3. The Morgan fingerprint density at radius 1 is 0.735 bits per heavy atom. The van der Waals surface area contributed by atoms with Gasteiger partial charge in [0.2, 0.25) is 0 Å². The zero-order valence-corrected chi connectivity index (χ0v) is 22.1. The minimum atomic E-state index is -6.07. The summed E-state index contributed by atoms with van der Waals surface area (Å²) in [7, 11) is -8.49. The number of alkyl halides is 3. The number of benzene rings is 3. The molecule has 0 amide bonds. The first-order valence-electron chi connectivity index (χ1n) is 10.6. The van der Waals surface area contributed by atoms with Crippen molar-refractivity contribution in [2.45, 2.75) is 37.9 Å². The van der Waals surface area contributed by atoms with Gasteiger partial charge >= 0.3 is 200 Å². The molecule has 4 nitrogen and oxygen atoms in total. The van der Waals surface area contributed by atoms with E-state index in [2.05, 4.69) is 0 Å². The number of rotatable bonds is 8. The summed E-state index contributed by atoms with van der Waals surface area (Å²) in [5.74, 6) is -1.05. The Bertz CT molecular complexity index is 1120. The second kappa shape index (κ2) is 9.20. The van der Waals surface area contributed by atoms with Gasteiger partial charge in [0.25, 0.3) is 0 Å². The van der Waals surface area contributed by atoms with Crippen molar-refractivity contribution in [3.8, 4) is 0 Å². The van der Waals surface area contributed by atoms with Crippen LogP contribution in [0.4, 0.5) is 13.2 Å². The normalized spacial score (nSPS) is 15.3. The molecule has 1 unspecified atom stereocenters. The summed E-state index contributed by atoms with van der Waals surface area (Å²) in [6, 6.07) is 24.8. The molecule has 3 aromatic carbocycles. The SMILES string of the molecule is CC(O[Si](C)(C)C)P(OS(=O)(=O)C(F)(F)F)(c1ccccc1)(c1ccccc1)c1ccccc1. The average molecular weight is 529 g/mol. The van der Waals surface area contributed by atoms with Crippen molar-refractivity contribution in [2.24, 2.45) is 0 Å². The first-order chi connectivity index (χ1) is 15.7. The number of hydrogen-bond acceptors (Lipinski definition) is 4. The summed E-state index contributed by atoms with van der Waals surface area (Å²) >= 11 is 0. The predicted octanol–water partition coefficient (Wildman–Crippen LogP) is 5.49. The molecule has 10 heteroatoms. The van der Waals surface area contributed by atoms with Crippen molar-refractivity contribution >= 4 is 41.2 Å². The van der Waals surface area contributed by atoms with Gasteiger partial charge in [-0.3, -0.25) is 0 Å². The average Bonchev–Trinajstić information content (AvgIpc) is 2.77. The fraction of sp³-hybridized carbons (Fsp3) is 0.250. The van der Waals surface area contributed by atoms with Crippen molar-refractivity contribution in [3.05, 3.63) is 91.0 Å². The Morgan fingerprint density at radius 2 is 1.06 bits per heavy atom. The molecule has 0 saturated carbocycles. The maximum absolute atomic E-state index is 14.0. The molecule has 0 radical (unpaired) electrons. The molecule has 0 spiro atoms. The van der Waals surface area contributed by atoms with Crippen LogP contribution in [-0.2, 0) is 18.5 Å². The van der Waals surface area contributed by atoms with Gasteiger partial charge in [-0.2, -0.15) is 0 Å². The van der Waals surface area contributed by atoms with E-state index in [1.807, 2.05) is 19.6 Å². The third-order valence-corrected chi connectivity index (χ3v) is 14.9. The van der Waals surface area contributed by atoms with Crippen LogP contribution < -0.4 is 15.9 Å². The van der Waals surface area contributed by atoms with E-state index in [4.69, 9.17) is 8.40 Å². The van der Waals surface area contributed by atoms with Gasteiger partial charge < -0.3 is 0 Å². The first kappa shape index (κ1) is 26.6. The van der Waals surface area contributed by atoms with E-state index in [-0.39, 0.29) is 0 Å². The molecule has 0 aliphatic heterocycles. The van der Waals surface area contributed by atoms with Gasteiger partial charge in [0.1, 0.15) is 0 Å².